The standard InChI is InChI=1S/C23H33N5O/c1-4-27-11-7-19(8-12-27)26-23(29)18-13-16(2)14-28(15-18)20-6-5-17(3)21-22(20)25-10-9-24-21/h5-6,9-10,16,18-19H,4,7-8,11-15H2,1-3H3,(H,26,29). The number of fused-ring (bicyclic) bond motifs is 1. The van der Waals surface area contributed by atoms with Gasteiger partial charge in [0.1, 0.15) is 5.52 Å². The maximum atomic E-state index is 13.1. The van der Waals surface area contributed by atoms with E-state index in [1.54, 1.807) is 12.4 Å². The zero-order valence-electron chi connectivity index (χ0n) is 17.9. The van der Waals surface area contributed by atoms with Crippen molar-refractivity contribution in [1.29, 1.82) is 0 Å². The third-order valence-corrected chi connectivity index (χ3v) is 6.56. The second kappa shape index (κ2) is 8.66. The van der Waals surface area contributed by atoms with Crippen LogP contribution in [0.4, 0.5) is 5.69 Å². The molecular formula is C23H33N5O. The largest absolute Gasteiger partial charge is 0.369 e. The number of aromatic nitrogens is 2. The molecule has 0 spiro atoms. The molecule has 6 nitrogen and oxygen atoms in total. The Balaban J connectivity index is 1.47. The maximum Gasteiger partial charge on any atom is 0.225 e. The summed E-state index contributed by atoms with van der Waals surface area (Å²) in [6.45, 7) is 11.5. The Morgan fingerprint density at radius 3 is 2.59 bits per heavy atom. The molecule has 2 fully saturated rings. The van der Waals surface area contributed by atoms with Crippen LogP contribution in [0.5, 0.6) is 0 Å². The molecule has 1 amide bonds. The van der Waals surface area contributed by atoms with Crippen LogP contribution in [0.25, 0.3) is 11.0 Å². The molecule has 0 aliphatic carbocycles. The van der Waals surface area contributed by atoms with Gasteiger partial charge >= 0.3 is 0 Å². The fraction of sp³-hybridized carbons (Fsp3) is 0.609. The van der Waals surface area contributed by atoms with Gasteiger partial charge in [0.15, 0.2) is 0 Å². The second-order valence-corrected chi connectivity index (χ2v) is 8.82. The van der Waals surface area contributed by atoms with Crippen molar-refractivity contribution in [2.24, 2.45) is 11.8 Å². The molecule has 2 aromatic rings. The lowest BCUT2D eigenvalue weighted by Crippen LogP contribution is -2.50. The zero-order chi connectivity index (χ0) is 20.4. The number of likely N-dealkylation sites (tertiary alicyclic amines) is 1. The summed E-state index contributed by atoms with van der Waals surface area (Å²) in [4.78, 5) is 27.0. The summed E-state index contributed by atoms with van der Waals surface area (Å²) >= 11 is 0. The smallest absolute Gasteiger partial charge is 0.225 e. The summed E-state index contributed by atoms with van der Waals surface area (Å²) in [7, 11) is 0. The summed E-state index contributed by atoms with van der Waals surface area (Å²) in [5, 5.41) is 3.35. The number of rotatable bonds is 4. The van der Waals surface area contributed by atoms with Crippen molar-refractivity contribution in [2.45, 2.75) is 46.1 Å². The van der Waals surface area contributed by atoms with Gasteiger partial charge in [-0.25, -0.2) is 0 Å². The highest BCUT2D eigenvalue weighted by Crippen LogP contribution is 2.32. The fourth-order valence-electron chi connectivity index (χ4n) is 4.88. The Morgan fingerprint density at radius 1 is 1.14 bits per heavy atom. The molecule has 2 atom stereocenters. The highest BCUT2D eigenvalue weighted by molar-refractivity contribution is 5.90. The Bertz CT molecular complexity index is 861. The van der Waals surface area contributed by atoms with Gasteiger partial charge in [-0.1, -0.05) is 19.9 Å². The minimum atomic E-state index is 0.0241. The molecule has 1 aromatic carbocycles. The molecule has 1 aromatic heterocycles. The van der Waals surface area contributed by atoms with E-state index in [4.69, 9.17) is 0 Å². The Morgan fingerprint density at radius 2 is 1.86 bits per heavy atom. The number of nitrogens with one attached hydrogen (secondary N) is 1. The van der Waals surface area contributed by atoms with Crippen molar-refractivity contribution >= 4 is 22.6 Å². The van der Waals surface area contributed by atoms with E-state index in [1.807, 2.05) is 0 Å². The van der Waals surface area contributed by atoms with Crippen LogP contribution < -0.4 is 10.2 Å². The lowest BCUT2D eigenvalue weighted by atomic mass is 9.88. The van der Waals surface area contributed by atoms with Crippen LogP contribution in [0.2, 0.25) is 0 Å². The van der Waals surface area contributed by atoms with Crippen LogP contribution in [0.15, 0.2) is 24.5 Å². The van der Waals surface area contributed by atoms with E-state index in [1.165, 1.54) is 0 Å². The number of benzene rings is 1. The lowest BCUT2D eigenvalue weighted by Gasteiger charge is -2.39. The van der Waals surface area contributed by atoms with E-state index >= 15 is 0 Å². The van der Waals surface area contributed by atoms with Gasteiger partial charge in [0.2, 0.25) is 5.91 Å². The summed E-state index contributed by atoms with van der Waals surface area (Å²) < 4.78 is 0. The predicted molar refractivity (Wildman–Crippen MR) is 117 cm³/mol. The van der Waals surface area contributed by atoms with E-state index in [9.17, 15) is 4.79 Å². The van der Waals surface area contributed by atoms with Crippen molar-refractivity contribution in [2.75, 3.05) is 37.6 Å². The Hall–Kier alpha value is -2.21. The number of aryl methyl sites for hydroxylation is 1. The van der Waals surface area contributed by atoms with Crippen LogP contribution in [-0.4, -0.2) is 59.5 Å². The lowest BCUT2D eigenvalue weighted by molar-refractivity contribution is -0.126. The van der Waals surface area contributed by atoms with E-state index < -0.39 is 0 Å². The third-order valence-electron chi connectivity index (χ3n) is 6.56. The molecule has 0 radical (unpaired) electrons. The van der Waals surface area contributed by atoms with Gasteiger partial charge in [-0.2, -0.15) is 0 Å². The topological polar surface area (TPSA) is 61.4 Å². The van der Waals surface area contributed by atoms with Gasteiger partial charge in [0.25, 0.3) is 0 Å². The molecule has 29 heavy (non-hydrogen) atoms. The SMILES string of the molecule is CCN1CCC(NC(=O)C2CC(C)CN(c3ccc(C)c4nccnc34)C2)CC1. The molecule has 1 N–H and O–H groups in total. The first-order valence-electron chi connectivity index (χ1n) is 11.0. The zero-order valence-corrected chi connectivity index (χ0v) is 17.9. The normalized spacial score (nSPS) is 24.0. The molecule has 156 valence electrons. The van der Waals surface area contributed by atoms with Crippen molar-refractivity contribution in [3.63, 3.8) is 0 Å². The molecule has 2 unspecified atom stereocenters. The van der Waals surface area contributed by atoms with E-state index in [2.05, 4.69) is 58.0 Å². The molecular weight excluding hydrogens is 362 g/mol. The van der Waals surface area contributed by atoms with E-state index in [0.717, 1.165) is 74.3 Å². The van der Waals surface area contributed by atoms with Crippen LogP contribution >= 0.6 is 0 Å². The highest BCUT2D eigenvalue weighted by Gasteiger charge is 2.32. The average Bonchev–Trinajstić information content (AvgIpc) is 2.74. The Labute approximate surface area is 173 Å². The van der Waals surface area contributed by atoms with Crippen LogP contribution in [-0.2, 0) is 4.79 Å². The summed E-state index contributed by atoms with van der Waals surface area (Å²) in [6, 6.07) is 4.57. The average molecular weight is 396 g/mol. The van der Waals surface area contributed by atoms with Crippen molar-refractivity contribution < 1.29 is 4.79 Å². The number of carbonyl (C=O) groups is 1. The number of hydrogen-bond acceptors (Lipinski definition) is 5. The highest BCUT2D eigenvalue weighted by atomic mass is 16.2. The number of hydrogen-bond donors (Lipinski definition) is 1. The fourth-order valence-corrected chi connectivity index (χ4v) is 4.88. The minimum absolute atomic E-state index is 0.0241. The minimum Gasteiger partial charge on any atom is -0.369 e. The van der Waals surface area contributed by atoms with Crippen molar-refractivity contribution in [3.8, 4) is 0 Å². The van der Waals surface area contributed by atoms with Crippen LogP contribution in [0, 0.1) is 18.8 Å². The molecule has 3 heterocycles. The quantitative estimate of drug-likeness (QED) is 0.862. The molecule has 2 aliphatic heterocycles. The first-order valence-corrected chi connectivity index (χ1v) is 11.0. The molecule has 4 rings (SSSR count). The summed E-state index contributed by atoms with van der Waals surface area (Å²) in [5.41, 5.74) is 4.12. The van der Waals surface area contributed by atoms with Gasteiger partial charge < -0.3 is 15.1 Å². The van der Waals surface area contributed by atoms with Crippen molar-refractivity contribution in [3.05, 3.63) is 30.1 Å². The number of anilines is 1. The number of piperidine rings is 2. The third kappa shape index (κ3) is 4.37. The predicted octanol–water partition coefficient (Wildman–Crippen LogP) is 3.00. The van der Waals surface area contributed by atoms with Crippen molar-refractivity contribution in [1.82, 2.24) is 20.2 Å². The Kier molecular flexibility index (Phi) is 5.99. The van der Waals surface area contributed by atoms with Gasteiger partial charge in [-0.15, -0.1) is 0 Å². The summed E-state index contributed by atoms with van der Waals surface area (Å²) in [6.07, 6.45) is 6.57. The molecule has 6 heteroatoms. The van der Waals surface area contributed by atoms with E-state index in [-0.39, 0.29) is 11.8 Å². The van der Waals surface area contributed by atoms with Gasteiger partial charge in [-0.3, -0.25) is 14.8 Å². The van der Waals surface area contributed by atoms with Crippen LogP contribution in [0.1, 0.15) is 38.7 Å². The van der Waals surface area contributed by atoms with Crippen LogP contribution in [0.3, 0.4) is 0 Å². The van der Waals surface area contributed by atoms with Gasteiger partial charge in [0, 0.05) is 44.6 Å². The van der Waals surface area contributed by atoms with Gasteiger partial charge in [0.05, 0.1) is 17.1 Å². The second-order valence-electron chi connectivity index (χ2n) is 8.82. The maximum absolute atomic E-state index is 13.1. The molecule has 0 bridgehead atoms. The van der Waals surface area contributed by atoms with Gasteiger partial charge in [-0.05, 0) is 50.3 Å². The number of nitrogens with zero attached hydrogens (tertiary/aromatic N) is 4. The molecule has 2 aliphatic rings. The molecule has 2 saturated heterocycles. The first-order chi connectivity index (χ1) is 14.0. The number of amides is 1. The number of carbonyl (C=O) groups excluding carboxylic acids is 1. The van der Waals surface area contributed by atoms with E-state index in [0.29, 0.717) is 12.0 Å². The first kappa shape index (κ1) is 20.1. The monoisotopic (exact) mass is 395 g/mol. The molecule has 0 saturated carbocycles. The summed E-state index contributed by atoms with van der Waals surface area (Å²) in [5.74, 6) is 0.712.